The highest BCUT2D eigenvalue weighted by Crippen LogP contribution is 2.16. The van der Waals surface area contributed by atoms with Gasteiger partial charge in [0.2, 0.25) is 5.78 Å². The molecule has 0 aliphatic heterocycles. The Balaban J connectivity index is 2.86. The average Bonchev–Trinajstić information content (AvgIpc) is 2.23. The number of hydrogen-bond donors (Lipinski definition) is 0. The molecule has 1 rings (SSSR count). The lowest BCUT2D eigenvalue weighted by atomic mass is 10.0. The topological polar surface area (TPSA) is 43.4 Å². The predicted molar refractivity (Wildman–Crippen MR) is 64.6 cm³/mol. The Morgan fingerprint density at radius 1 is 1.40 bits per heavy atom. The minimum Gasteiger partial charge on any atom is -0.463 e. The van der Waals surface area contributed by atoms with Gasteiger partial charge in [-0.2, -0.15) is 0 Å². The van der Waals surface area contributed by atoms with Crippen LogP contribution in [-0.4, -0.2) is 18.9 Å². The first-order valence-corrected chi connectivity index (χ1v) is 5.49. The van der Waals surface area contributed by atoms with Crippen LogP contribution >= 0.6 is 22.6 Å². The van der Waals surface area contributed by atoms with E-state index < -0.39 is 11.8 Å². The molecule has 3 nitrogen and oxygen atoms in total. The molecule has 0 aliphatic carbocycles. The third-order valence-corrected chi connectivity index (χ3v) is 3.31. The van der Waals surface area contributed by atoms with E-state index in [-0.39, 0.29) is 6.42 Å². The van der Waals surface area contributed by atoms with Crippen molar-refractivity contribution in [2.45, 2.75) is 13.3 Å². The highest BCUT2D eigenvalue weighted by atomic mass is 127. The van der Waals surface area contributed by atoms with E-state index in [1.165, 1.54) is 7.11 Å². The quantitative estimate of drug-likeness (QED) is 0.486. The summed E-state index contributed by atoms with van der Waals surface area (Å²) in [6, 6.07) is 5.68. The van der Waals surface area contributed by atoms with Gasteiger partial charge in [0.25, 0.3) is 0 Å². The van der Waals surface area contributed by atoms with Gasteiger partial charge in [0.15, 0.2) is 0 Å². The molecule has 1 aromatic rings. The normalized spacial score (nSPS) is 9.80. The van der Waals surface area contributed by atoms with Crippen LogP contribution in [0.5, 0.6) is 0 Å². The smallest absolute Gasteiger partial charge is 0.374 e. The number of halogens is 1. The van der Waals surface area contributed by atoms with E-state index in [4.69, 9.17) is 0 Å². The number of esters is 1. The van der Waals surface area contributed by atoms with E-state index in [0.29, 0.717) is 0 Å². The van der Waals surface area contributed by atoms with Crippen molar-refractivity contribution in [1.29, 1.82) is 0 Å². The second-order valence-corrected chi connectivity index (χ2v) is 4.28. The number of methoxy groups -OCH3 is 1. The van der Waals surface area contributed by atoms with Gasteiger partial charge in [0, 0.05) is 9.99 Å². The second-order valence-electron chi connectivity index (χ2n) is 3.12. The van der Waals surface area contributed by atoms with Gasteiger partial charge in [0.1, 0.15) is 0 Å². The van der Waals surface area contributed by atoms with Crippen LogP contribution < -0.4 is 0 Å². The van der Waals surface area contributed by atoms with Crippen LogP contribution in [0, 0.1) is 10.5 Å². The molecule has 0 saturated carbocycles. The summed E-state index contributed by atoms with van der Waals surface area (Å²) in [6.07, 6.45) is 0.106. The van der Waals surface area contributed by atoms with Gasteiger partial charge in [-0.05, 0) is 46.7 Å². The fraction of sp³-hybridized carbons (Fsp3) is 0.273. The lowest BCUT2D eigenvalue weighted by Crippen LogP contribution is -2.18. The van der Waals surface area contributed by atoms with Crippen molar-refractivity contribution in [2.24, 2.45) is 0 Å². The zero-order valence-electron chi connectivity index (χ0n) is 8.54. The summed E-state index contributed by atoms with van der Waals surface area (Å²) in [7, 11) is 1.21. The summed E-state index contributed by atoms with van der Waals surface area (Å²) in [5.74, 6) is -1.30. The van der Waals surface area contributed by atoms with Crippen LogP contribution in [-0.2, 0) is 20.7 Å². The van der Waals surface area contributed by atoms with Crippen molar-refractivity contribution < 1.29 is 14.3 Å². The molecule has 4 heteroatoms. The fourth-order valence-corrected chi connectivity index (χ4v) is 1.76. The molecule has 0 radical (unpaired) electrons. The lowest BCUT2D eigenvalue weighted by Gasteiger charge is -2.05. The Hall–Kier alpha value is -0.910. The molecule has 15 heavy (non-hydrogen) atoms. The van der Waals surface area contributed by atoms with Crippen LogP contribution in [0.25, 0.3) is 0 Å². The molecule has 80 valence electrons. The zero-order chi connectivity index (χ0) is 11.4. The maximum absolute atomic E-state index is 11.3. The number of carbonyl (C=O) groups excluding carboxylic acids is 2. The molecular weight excluding hydrogens is 307 g/mol. The summed E-state index contributed by atoms with van der Waals surface area (Å²) in [4.78, 5) is 22.3. The van der Waals surface area contributed by atoms with Gasteiger partial charge in [-0.1, -0.05) is 12.1 Å². The third kappa shape index (κ3) is 3.02. The second kappa shape index (κ2) is 5.25. The van der Waals surface area contributed by atoms with Crippen LogP contribution in [0.15, 0.2) is 18.2 Å². The van der Waals surface area contributed by atoms with Gasteiger partial charge >= 0.3 is 5.97 Å². The van der Waals surface area contributed by atoms with Gasteiger partial charge in [0.05, 0.1) is 7.11 Å². The van der Waals surface area contributed by atoms with Crippen molar-refractivity contribution in [1.82, 2.24) is 0 Å². The molecule has 0 bridgehead atoms. The minimum absolute atomic E-state index is 0.106. The van der Waals surface area contributed by atoms with Crippen molar-refractivity contribution in [3.63, 3.8) is 0 Å². The number of ketones is 1. The average molecular weight is 318 g/mol. The summed E-state index contributed by atoms with van der Waals surface area (Å²) in [5.41, 5.74) is 1.91. The maximum Gasteiger partial charge on any atom is 0.374 e. The Kier molecular flexibility index (Phi) is 4.26. The predicted octanol–water partition coefficient (Wildman–Crippen LogP) is 1.88. The molecule has 0 N–H and O–H groups in total. The molecule has 0 aromatic heterocycles. The molecule has 0 spiro atoms. The molecule has 0 saturated heterocycles. The molecule has 0 aliphatic rings. The van der Waals surface area contributed by atoms with Crippen molar-refractivity contribution in [3.05, 3.63) is 32.9 Å². The molecule has 0 amide bonds. The van der Waals surface area contributed by atoms with Crippen LogP contribution in [0.1, 0.15) is 11.1 Å². The highest BCUT2D eigenvalue weighted by Gasteiger charge is 2.15. The molecule has 0 atom stereocenters. The zero-order valence-corrected chi connectivity index (χ0v) is 10.7. The number of benzene rings is 1. The van der Waals surface area contributed by atoms with Crippen LogP contribution in [0.3, 0.4) is 0 Å². The molecular formula is C11H11IO3. The Bertz CT molecular complexity index is 399. The van der Waals surface area contributed by atoms with Crippen molar-refractivity contribution >= 4 is 34.3 Å². The first kappa shape index (κ1) is 12.2. The number of carbonyl (C=O) groups is 2. The molecule has 1 aromatic carbocycles. The third-order valence-electron chi connectivity index (χ3n) is 2.14. The van der Waals surface area contributed by atoms with E-state index in [9.17, 15) is 9.59 Å². The summed E-state index contributed by atoms with van der Waals surface area (Å²) in [5, 5.41) is 0. The lowest BCUT2D eigenvalue weighted by molar-refractivity contribution is -0.151. The van der Waals surface area contributed by atoms with E-state index >= 15 is 0 Å². The SMILES string of the molecule is COC(=O)C(=O)Cc1cccc(I)c1C. The number of ether oxygens (including phenoxy) is 1. The molecule has 0 unspecified atom stereocenters. The highest BCUT2D eigenvalue weighted by molar-refractivity contribution is 14.1. The number of Topliss-reactive ketones (excluding diaryl/α,β-unsaturated/α-hetero) is 1. The molecule has 0 fully saturated rings. The van der Waals surface area contributed by atoms with Gasteiger partial charge in [-0.3, -0.25) is 4.79 Å². The first-order chi connectivity index (χ1) is 7.06. The maximum atomic E-state index is 11.3. The van der Waals surface area contributed by atoms with E-state index in [0.717, 1.165) is 14.7 Å². The Morgan fingerprint density at radius 3 is 2.67 bits per heavy atom. The Morgan fingerprint density at radius 2 is 2.07 bits per heavy atom. The summed E-state index contributed by atoms with van der Waals surface area (Å²) >= 11 is 2.20. The van der Waals surface area contributed by atoms with Crippen LogP contribution in [0.4, 0.5) is 0 Å². The van der Waals surface area contributed by atoms with Gasteiger partial charge < -0.3 is 4.74 Å². The number of hydrogen-bond acceptors (Lipinski definition) is 3. The largest absolute Gasteiger partial charge is 0.463 e. The van der Waals surface area contributed by atoms with Crippen LogP contribution in [0.2, 0.25) is 0 Å². The monoisotopic (exact) mass is 318 g/mol. The first-order valence-electron chi connectivity index (χ1n) is 4.41. The standard InChI is InChI=1S/C11H11IO3/c1-7-8(4-3-5-9(7)12)6-10(13)11(14)15-2/h3-5H,6H2,1-2H3. The van der Waals surface area contributed by atoms with Gasteiger partial charge in [-0.25, -0.2) is 4.79 Å². The Labute approximate surface area is 102 Å². The van der Waals surface area contributed by atoms with Crippen molar-refractivity contribution in [3.8, 4) is 0 Å². The van der Waals surface area contributed by atoms with Gasteiger partial charge in [-0.15, -0.1) is 0 Å². The van der Waals surface area contributed by atoms with Crippen molar-refractivity contribution in [2.75, 3.05) is 7.11 Å². The minimum atomic E-state index is -0.784. The number of rotatable bonds is 3. The summed E-state index contributed by atoms with van der Waals surface area (Å²) in [6.45, 7) is 1.93. The fourth-order valence-electron chi connectivity index (χ4n) is 1.20. The van der Waals surface area contributed by atoms with E-state index in [1.54, 1.807) is 0 Å². The van der Waals surface area contributed by atoms with E-state index in [1.807, 2.05) is 25.1 Å². The van der Waals surface area contributed by atoms with E-state index in [2.05, 4.69) is 27.3 Å². The summed E-state index contributed by atoms with van der Waals surface area (Å²) < 4.78 is 5.45. The molecule has 0 heterocycles.